The van der Waals surface area contributed by atoms with Crippen LogP contribution in [-0.4, -0.2) is 14.8 Å². The molecule has 0 bridgehead atoms. The number of rotatable bonds is 7. The maximum absolute atomic E-state index is 5.91. The molecule has 1 aromatic heterocycles. The highest BCUT2D eigenvalue weighted by molar-refractivity contribution is 7.98. The van der Waals surface area contributed by atoms with Crippen molar-refractivity contribution in [2.24, 2.45) is 7.05 Å². The lowest BCUT2D eigenvalue weighted by molar-refractivity contribution is 0.290. The molecular weight excluding hydrogens is 378 g/mol. The zero-order valence-electron chi connectivity index (χ0n) is 17.0. The van der Waals surface area contributed by atoms with Gasteiger partial charge in [-0.25, -0.2) is 0 Å². The maximum Gasteiger partial charge on any atom is 0.191 e. The van der Waals surface area contributed by atoms with Gasteiger partial charge in [0.2, 0.25) is 0 Å². The average Bonchev–Trinajstić information content (AvgIpc) is 3.10. The molecule has 4 rings (SSSR count). The Kier molecular flexibility index (Phi) is 5.86. The molecule has 0 amide bonds. The molecule has 0 fully saturated rings. The van der Waals surface area contributed by atoms with Crippen molar-refractivity contribution in [3.05, 3.63) is 83.7 Å². The summed E-state index contributed by atoms with van der Waals surface area (Å²) in [5.41, 5.74) is 2.61. The van der Waals surface area contributed by atoms with Crippen LogP contribution in [0.4, 0.5) is 0 Å². The minimum Gasteiger partial charge on any atom is -0.486 e. The topological polar surface area (TPSA) is 39.9 Å². The van der Waals surface area contributed by atoms with Crippen LogP contribution in [0.25, 0.3) is 10.8 Å². The average molecular weight is 404 g/mol. The SMILES string of the molecule is CC(C)c1ccc(OCc2nnc(SCc3cccc4ccccc34)n2C)cc1. The Morgan fingerprint density at radius 1 is 0.931 bits per heavy atom. The Morgan fingerprint density at radius 3 is 2.48 bits per heavy atom. The highest BCUT2D eigenvalue weighted by atomic mass is 32.2. The summed E-state index contributed by atoms with van der Waals surface area (Å²) in [6, 6.07) is 23.2. The molecule has 3 aromatic carbocycles. The molecule has 5 heteroatoms. The number of hydrogen-bond donors (Lipinski definition) is 0. The summed E-state index contributed by atoms with van der Waals surface area (Å²) in [7, 11) is 1.99. The Labute approximate surface area is 175 Å². The molecule has 0 aliphatic rings. The molecule has 1 heterocycles. The molecule has 0 spiro atoms. The molecule has 0 unspecified atom stereocenters. The summed E-state index contributed by atoms with van der Waals surface area (Å²) in [6.45, 7) is 4.78. The van der Waals surface area contributed by atoms with E-state index in [1.54, 1.807) is 11.8 Å². The lowest BCUT2D eigenvalue weighted by Crippen LogP contribution is -2.04. The fourth-order valence-corrected chi connectivity index (χ4v) is 4.19. The van der Waals surface area contributed by atoms with Gasteiger partial charge < -0.3 is 9.30 Å². The highest BCUT2D eigenvalue weighted by Gasteiger charge is 2.11. The van der Waals surface area contributed by atoms with E-state index in [-0.39, 0.29) is 0 Å². The van der Waals surface area contributed by atoms with Gasteiger partial charge in [0, 0.05) is 12.8 Å². The normalized spacial score (nSPS) is 11.3. The lowest BCUT2D eigenvalue weighted by Gasteiger charge is -2.09. The van der Waals surface area contributed by atoms with Gasteiger partial charge in [-0.2, -0.15) is 0 Å². The third kappa shape index (κ3) is 4.46. The molecule has 0 saturated heterocycles. The zero-order valence-corrected chi connectivity index (χ0v) is 17.8. The summed E-state index contributed by atoms with van der Waals surface area (Å²) >= 11 is 1.70. The molecule has 0 aliphatic heterocycles. The van der Waals surface area contributed by atoms with E-state index in [0.717, 1.165) is 22.5 Å². The first-order chi connectivity index (χ1) is 14.1. The Hall–Kier alpha value is -2.79. The molecule has 29 heavy (non-hydrogen) atoms. The summed E-state index contributed by atoms with van der Waals surface area (Å²) in [4.78, 5) is 0. The molecule has 0 N–H and O–H groups in total. The number of thioether (sulfide) groups is 1. The van der Waals surface area contributed by atoms with Gasteiger partial charge in [0.05, 0.1) is 0 Å². The van der Waals surface area contributed by atoms with Crippen molar-refractivity contribution in [3.63, 3.8) is 0 Å². The van der Waals surface area contributed by atoms with Crippen LogP contribution >= 0.6 is 11.8 Å². The molecular formula is C24H25N3OS. The van der Waals surface area contributed by atoms with Gasteiger partial charge in [-0.3, -0.25) is 0 Å². The fourth-order valence-electron chi connectivity index (χ4n) is 3.25. The molecule has 0 atom stereocenters. The van der Waals surface area contributed by atoms with Gasteiger partial charge in [-0.05, 0) is 39.9 Å². The predicted molar refractivity (Wildman–Crippen MR) is 119 cm³/mol. The number of ether oxygens (including phenoxy) is 1. The van der Waals surface area contributed by atoms with Crippen molar-refractivity contribution in [2.45, 2.75) is 37.3 Å². The van der Waals surface area contributed by atoms with E-state index in [2.05, 4.69) is 78.6 Å². The minimum absolute atomic E-state index is 0.402. The second kappa shape index (κ2) is 8.70. The van der Waals surface area contributed by atoms with E-state index in [0.29, 0.717) is 12.5 Å². The molecule has 0 aliphatic carbocycles. The first-order valence-electron chi connectivity index (χ1n) is 9.82. The zero-order chi connectivity index (χ0) is 20.2. The number of nitrogens with zero attached hydrogens (tertiary/aromatic N) is 3. The highest BCUT2D eigenvalue weighted by Crippen LogP contribution is 2.27. The van der Waals surface area contributed by atoms with Gasteiger partial charge in [0.25, 0.3) is 0 Å². The predicted octanol–water partition coefficient (Wildman–Crippen LogP) is 5.96. The second-order valence-electron chi connectivity index (χ2n) is 7.40. The van der Waals surface area contributed by atoms with Crippen LogP contribution in [0.1, 0.15) is 36.7 Å². The molecule has 148 valence electrons. The van der Waals surface area contributed by atoms with Crippen LogP contribution in [0.2, 0.25) is 0 Å². The number of aromatic nitrogens is 3. The van der Waals surface area contributed by atoms with Crippen molar-refractivity contribution in [2.75, 3.05) is 0 Å². The number of hydrogen-bond acceptors (Lipinski definition) is 4. The van der Waals surface area contributed by atoms with Gasteiger partial charge in [-0.1, -0.05) is 80.2 Å². The Balaban J connectivity index is 1.40. The van der Waals surface area contributed by atoms with Crippen LogP contribution in [0.15, 0.2) is 71.9 Å². The maximum atomic E-state index is 5.91. The fraction of sp³-hybridized carbons (Fsp3) is 0.250. The van der Waals surface area contributed by atoms with Gasteiger partial charge >= 0.3 is 0 Å². The monoisotopic (exact) mass is 403 g/mol. The van der Waals surface area contributed by atoms with E-state index in [1.807, 2.05) is 23.7 Å². The second-order valence-corrected chi connectivity index (χ2v) is 8.34. The summed E-state index contributed by atoms with van der Waals surface area (Å²) in [6.07, 6.45) is 0. The van der Waals surface area contributed by atoms with Crippen LogP contribution in [-0.2, 0) is 19.4 Å². The van der Waals surface area contributed by atoms with E-state index in [1.165, 1.54) is 21.9 Å². The van der Waals surface area contributed by atoms with E-state index >= 15 is 0 Å². The quantitative estimate of drug-likeness (QED) is 0.357. The standard InChI is InChI=1S/C24H25N3OS/c1-17(2)18-11-13-21(14-12-18)28-15-23-25-26-24(27(23)3)29-16-20-9-6-8-19-7-4-5-10-22(19)20/h4-14,17H,15-16H2,1-3H3. The van der Waals surface area contributed by atoms with Crippen LogP contribution in [0.3, 0.4) is 0 Å². The van der Waals surface area contributed by atoms with Gasteiger partial charge in [0.15, 0.2) is 11.0 Å². The van der Waals surface area contributed by atoms with Crippen molar-refractivity contribution < 1.29 is 4.74 Å². The van der Waals surface area contributed by atoms with E-state index in [9.17, 15) is 0 Å². The number of benzene rings is 3. The number of fused-ring (bicyclic) bond motifs is 1. The first kappa shape index (κ1) is 19.5. The van der Waals surface area contributed by atoms with Crippen LogP contribution in [0.5, 0.6) is 5.75 Å². The summed E-state index contributed by atoms with van der Waals surface area (Å²) in [5, 5.41) is 12.1. The first-order valence-corrected chi connectivity index (χ1v) is 10.8. The third-order valence-corrected chi connectivity index (χ3v) is 6.15. The largest absolute Gasteiger partial charge is 0.486 e. The summed E-state index contributed by atoms with van der Waals surface area (Å²) in [5.74, 6) is 3.04. The smallest absolute Gasteiger partial charge is 0.191 e. The summed E-state index contributed by atoms with van der Waals surface area (Å²) < 4.78 is 7.92. The van der Waals surface area contributed by atoms with Gasteiger partial charge in [-0.15, -0.1) is 10.2 Å². The van der Waals surface area contributed by atoms with Crippen molar-refractivity contribution in [3.8, 4) is 5.75 Å². The van der Waals surface area contributed by atoms with E-state index < -0.39 is 0 Å². The van der Waals surface area contributed by atoms with Crippen LogP contribution in [0, 0.1) is 0 Å². The van der Waals surface area contributed by atoms with Crippen LogP contribution < -0.4 is 4.74 Å². The van der Waals surface area contributed by atoms with Crippen molar-refractivity contribution in [1.82, 2.24) is 14.8 Å². The molecule has 0 saturated carbocycles. The van der Waals surface area contributed by atoms with Crippen molar-refractivity contribution in [1.29, 1.82) is 0 Å². The molecule has 4 aromatic rings. The molecule has 4 nitrogen and oxygen atoms in total. The van der Waals surface area contributed by atoms with Crippen molar-refractivity contribution >= 4 is 22.5 Å². The third-order valence-electron chi connectivity index (χ3n) is 5.08. The Morgan fingerprint density at radius 2 is 1.69 bits per heavy atom. The molecule has 0 radical (unpaired) electrons. The van der Waals surface area contributed by atoms with Gasteiger partial charge in [0.1, 0.15) is 12.4 Å². The lowest BCUT2D eigenvalue weighted by atomic mass is 10.0. The minimum atomic E-state index is 0.402. The Bertz CT molecular complexity index is 1100. The van der Waals surface area contributed by atoms with E-state index in [4.69, 9.17) is 4.74 Å².